The van der Waals surface area contributed by atoms with Crippen LogP contribution in [0.15, 0.2) is 76.7 Å². The Kier molecular flexibility index (Phi) is 2.77. The molecule has 2 aromatic heterocycles. The molecule has 0 aliphatic heterocycles. The predicted molar refractivity (Wildman–Crippen MR) is 85.5 cm³/mol. The molecule has 0 radical (unpaired) electrons. The van der Waals surface area contributed by atoms with Gasteiger partial charge in [0, 0.05) is 16.3 Å². The Morgan fingerprint density at radius 2 is 1.50 bits per heavy atom. The van der Waals surface area contributed by atoms with Crippen LogP contribution in [-0.2, 0) is 9.84 Å². The molecule has 0 aliphatic rings. The van der Waals surface area contributed by atoms with Crippen molar-refractivity contribution >= 4 is 31.8 Å². The van der Waals surface area contributed by atoms with Crippen molar-refractivity contribution in [2.75, 3.05) is 0 Å². The third-order valence-corrected chi connectivity index (χ3v) is 5.34. The number of sulfone groups is 1. The van der Waals surface area contributed by atoms with Crippen molar-refractivity contribution in [3.8, 4) is 0 Å². The van der Waals surface area contributed by atoms with E-state index >= 15 is 0 Å². The van der Waals surface area contributed by atoms with Crippen LogP contribution in [0, 0.1) is 0 Å². The smallest absolute Gasteiger partial charge is 0.223 e. The molecule has 4 rings (SSSR count). The molecule has 22 heavy (non-hydrogen) atoms. The molecule has 5 heteroatoms. The van der Waals surface area contributed by atoms with Gasteiger partial charge in [-0.05, 0) is 30.3 Å². The van der Waals surface area contributed by atoms with Crippen molar-refractivity contribution in [2.45, 2.75) is 9.92 Å². The monoisotopic (exact) mass is 308 g/mol. The van der Waals surface area contributed by atoms with E-state index in [1.165, 1.54) is 0 Å². The quantitative estimate of drug-likeness (QED) is 0.616. The highest BCUT2D eigenvalue weighted by molar-refractivity contribution is 7.91. The molecule has 108 valence electrons. The third-order valence-electron chi connectivity index (χ3n) is 3.67. The zero-order chi connectivity index (χ0) is 15.2. The van der Waals surface area contributed by atoms with E-state index in [0.29, 0.717) is 5.65 Å². The van der Waals surface area contributed by atoms with Crippen molar-refractivity contribution < 1.29 is 8.42 Å². The molecule has 2 heterocycles. The third kappa shape index (κ3) is 1.90. The van der Waals surface area contributed by atoms with E-state index in [1.807, 2.05) is 24.3 Å². The maximum Gasteiger partial charge on any atom is 0.223 e. The lowest BCUT2D eigenvalue weighted by Gasteiger charge is -2.03. The van der Waals surface area contributed by atoms with Crippen molar-refractivity contribution in [2.24, 2.45) is 0 Å². The number of rotatable bonds is 2. The van der Waals surface area contributed by atoms with Crippen LogP contribution < -0.4 is 0 Å². The van der Waals surface area contributed by atoms with E-state index in [2.05, 4.69) is 9.97 Å². The fourth-order valence-corrected chi connectivity index (χ4v) is 3.79. The minimum atomic E-state index is -3.60. The molecule has 2 aromatic carbocycles. The number of hydrogen-bond donors (Lipinski definition) is 1. The van der Waals surface area contributed by atoms with Gasteiger partial charge in [0.25, 0.3) is 0 Å². The molecule has 4 nitrogen and oxygen atoms in total. The maximum absolute atomic E-state index is 12.6. The van der Waals surface area contributed by atoms with Gasteiger partial charge in [-0.2, -0.15) is 0 Å². The normalized spacial score (nSPS) is 12.0. The fourth-order valence-electron chi connectivity index (χ4n) is 2.58. The van der Waals surface area contributed by atoms with E-state index in [1.54, 1.807) is 42.5 Å². The van der Waals surface area contributed by atoms with Gasteiger partial charge in [0.2, 0.25) is 9.84 Å². The maximum atomic E-state index is 12.6. The van der Waals surface area contributed by atoms with Gasteiger partial charge in [0.1, 0.15) is 5.65 Å². The summed E-state index contributed by atoms with van der Waals surface area (Å²) in [5.74, 6) is 0. The Morgan fingerprint density at radius 1 is 0.773 bits per heavy atom. The number of H-pyrrole nitrogens is 1. The molecule has 0 spiro atoms. The van der Waals surface area contributed by atoms with E-state index < -0.39 is 9.84 Å². The molecule has 0 aliphatic carbocycles. The van der Waals surface area contributed by atoms with Crippen LogP contribution in [0.4, 0.5) is 0 Å². The zero-order valence-corrected chi connectivity index (χ0v) is 12.3. The molecule has 0 saturated heterocycles. The lowest BCUT2D eigenvalue weighted by atomic mass is 10.2. The number of hydrogen-bond acceptors (Lipinski definition) is 3. The first kappa shape index (κ1) is 13.0. The van der Waals surface area contributed by atoms with Gasteiger partial charge in [0.05, 0.1) is 4.90 Å². The van der Waals surface area contributed by atoms with Crippen LogP contribution in [0.25, 0.3) is 21.9 Å². The molecule has 0 amide bonds. The van der Waals surface area contributed by atoms with E-state index in [0.717, 1.165) is 16.3 Å². The molecular weight excluding hydrogens is 296 g/mol. The van der Waals surface area contributed by atoms with Gasteiger partial charge in [-0.15, -0.1) is 0 Å². The van der Waals surface area contributed by atoms with Gasteiger partial charge in [-0.3, -0.25) is 0 Å². The topological polar surface area (TPSA) is 62.8 Å². The largest absolute Gasteiger partial charge is 0.339 e. The van der Waals surface area contributed by atoms with Crippen molar-refractivity contribution in [1.29, 1.82) is 0 Å². The summed E-state index contributed by atoms with van der Waals surface area (Å²) < 4.78 is 25.2. The Balaban J connectivity index is 1.95. The molecule has 4 aromatic rings. The Labute approximate surface area is 127 Å². The number of fused-ring (bicyclic) bond motifs is 3. The van der Waals surface area contributed by atoms with Crippen molar-refractivity contribution in [3.63, 3.8) is 0 Å². The molecule has 1 N–H and O–H groups in total. The van der Waals surface area contributed by atoms with Crippen LogP contribution in [0.1, 0.15) is 0 Å². The van der Waals surface area contributed by atoms with E-state index in [4.69, 9.17) is 0 Å². The summed E-state index contributed by atoms with van der Waals surface area (Å²) >= 11 is 0. The van der Waals surface area contributed by atoms with Gasteiger partial charge in [0.15, 0.2) is 5.03 Å². The number of benzene rings is 2. The first-order chi connectivity index (χ1) is 10.7. The molecule has 0 bridgehead atoms. The van der Waals surface area contributed by atoms with Gasteiger partial charge >= 0.3 is 0 Å². The fraction of sp³-hybridized carbons (Fsp3) is 0. The lowest BCUT2D eigenvalue weighted by Crippen LogP contribution is -2.04. The minimum Gasteiger partial charge on any atom is -0.339 e. The highest BCUT2D eigenvalue weighted by Crippen LogP contribution is 2.26. The highest BCUT2D eigenvalue weighted by atomic mass is 32.2. The lowest BCUT2D eigenvalue weighted by molar-refractivity contribution is 0.593. The minimum absolute atomic E-state index is 0.0535. The summed E-state index contributed by atoms with van der Waals surface area (Å²) in [4.78, 5) is 7.73. The predicted octanol–water partition coefficient (Wildman–Crippen LogP) is 3.55. The SMILES string of the molecule is O=S(=O)(c1ccccc1)c1ccc2c(n1)[nH]c1ccccc12. The molecule has 0 saturated carbocycles. The molecule has 0 unspecified atom stereocenters. The zero-order valence-electron chi connectivity index (χ0n) is 11.5. The van der Waals surface area contributed by atoms with Crippen molar-refractivity contribution in [1.82, 2.24) is 9.97 Å². The first-order valence-electron chi connectivity index (χ1n) is 6.84. The second-order valence-electron chi connectivity index (χ2n) is 5.03. The standard InChI is InChI=1S/C17H12N2O2S/c20-22(21,12-6-2-1-3-7-12)16-11-10-14-13-8-4-5-9-15(13)18-17(14)19-16/h1-11H,(H,18,19). The number of nitrogens with one attached hydrogen (secondary N) is 1. The molecule has 0 fully saturated rings. The van der Waals surface area contributed by atoms with Crippen LogP contribution >= 0.6 is 0 Å². The number of aromatic nitrogens is 2. The number of aromatic amines is 1. The summed E-state index contributed by atoms with van der Waals surface area (Å²) in [5.41, 5.74) is 1.53. The van der Waals surface area contributed by atoms with E-state index in [-0.39, 0.29) is 9.92 Å². The Hall–Kier alpha value is -2.66. The Morgan fingerprint density at radius 3 is 2.32 bits per heavy atom. The molecular formula is C17H12N2O2S. The number of pyridine rings is 1. The van der Waals surface area contributed by atoms with Crippen LogP contribution in [-0.4, -0.2) is 18.4 Å². The van der Waals surface area contributed by atoms with Crippen LogP contribution in [0.5, 0.6) is 0 Å². The average molecular weight is 308 g/mol. The van der Waals surface area contributed by atoms with Crippen molar-refractivity contribution in [3.05, 3.63) is 66.7 Å². The molecule has 0 atom stereocenters. The second-order valence-corrected chi connectivity index (χ2v) is 6.93. The summed E-state index contributed by atoms with van der Waals surface area (Å²) in [6, 6.07) is 19.5. The number of para-hydroxylation sites is 1. The van der Waals surface area contributed by atoms with Crippen LogP contribution in [0.3, 0.4) is 0 Å². The summed E-state index contributed by atoms with van der Waals surface area (Å²) in [6.07, 6.45) is 0. The Bertz CT molecular complexity index is 1080. The van der Waals surface area contributed by atoms with Gasteiger partial charge in [-0.25, -0.2) is 13.4 Å². The summed E-state index contributed by atoms with van der Waals surface area (Å²) in [7, 11) is -3.60. The highest BCUT2D eigenvalue weighted by Gasteiger charge is 2.19. The average Bonchev–Trinajstić information content (AvgIpc) is 2.93. The van der Waals surface area contributed by atoms with Gasteiger partial charge < -0.3 is 4.98 Å². The van der Waals surface area contributed by atoms with Crippen LogP contribution in [0.2, 0.25) is 0 Å². The van der Waals surface area contributed by atoms with Gasteiger partial charge in [-0.1, -0.05) is 36.4 Å². The number of nitrogens with zero attached hydrogens (tertiary/aromatic N) is 1. The summed E-state index contributed by atoms with van der Waals surface area (Å²) in [5, 5.41) is 2.01. The summed E-state index contributed by atoms with van der Waals surface area (Å²) in [6.45, 7) is 0. The second kappa shape index (κ2) is 4.68. The first-order valence-corrected chi connectivity index (χ1v) is 8.32. The van der Waals surface area contributed by atoms with E-state index in [9.17, 15) is 8.42 Å².